The lowest BCUT2D eigenvalue weighted by molar-refractivity contribution is 0.473. The molecule has 0 amide bonds. The van der Waals surface area contributed by atoms with Crippen LogP contribution in [0, 0.1) is 0 Å². The second-order valence-electron chi connectivity index (χ2n) is 10.5. The molecule has 2 nitrogen and oxygen atoms in total. The highest BCUT2D eigenvalue weighted by Gasteiger charge is 2.31. The Kier molecular flexibility index (Phi) is 4.58. The van der Waals surface area contributed by atoms with Gasteiger partial charge in [0.25, 0.3) is 0 Å². The highest BCUT2D eigenvalue weighted by Crippen LogP contribution is 2.56. The lowest BCUT2D eigenvalue weighted by Crippen LogP contribution is -2.17. The summed E-state index contributed by atoms with van der Waals surface area (Å²) < 4.78 is 9.51. The van der Waals surface area contributed by atoms with Crippen LogP contribution in [0.1, 0.15) is 11.1 Å². The molecule has 9 rings (SSSR count). The predicted octanol–water partition coefficient (Wildman–Crippen LogP) is 11.0. The number of thiophene rings is 1. The van der Waals surface area contributed by atoms with Crippen LogP contribution in [0.3, 0.4) is 0 Å². The van der Waals surface area contributed by atoms with Gasteiger partial charge in [-0.3, -0.25) is 0 Å². The van der Waals surface area contributed by atoms with Gasteiger partial charge in [0.1, 0.15) is 0 Å². The Morgan fingerprint density at radius 1 is 0.650 bits per heavy atom. The first-order chi connectivity index (χ1) is 19.8. The Morgan fingerprint density at radius 3 is 2.45 bits per heavy atom. The van der Waals surface area contributed by atoms with E-state index in [2.05, 4.69) is 132 Å². The van der Waals surface area contributed by atoms with Gasteiger partial charge in [0, 0.05) is 21.0 Å². The van der Waals surface area contributed by atoms with Crippen LogP contribution in [0.4, 0.5) is 17.1 Å². The number of benzene rings is 6. The average Bonchev–Trinajstić information content (AvgIpc) is 3.40. The van der Waals surface area contributed by atoms with Gasteiger partial charge in [0.2, 0.25) is 0 Å². The Morgan fingerprint density at radius 2 is 1.50 bits per heavy atom. The smallest absolute Gasteiger partial charge is 0.155 e. The summed E-state index contributed by atoms with van der Waals surface area (Å²) in [5.74, 6) is 1.84. The van der Waals surface area contributed by atoms with E-state index in [1.807, 2.05) is 11.3 Å². The van der Waals surface area contributed by atoms with Gasteiger partial charge in [-0.25, -0.2) is 0 Å². The molecule has 188 valence electrons. The van der Waals surface area contributed by atoms with Gasteiger partial charge in [-0.2, -0.15) is 0 Å². The molecule has 0 saturated heterocycles. The second kappa shape index (κ2) is 8.32. The van der Waals surface area contributed by atoms with E-state index in [-0.39, 0.29) is 0 Å². The summed E-state index contributed by atoms with van der Waals surface area (Å²) in [7, 11) is 0. The van der Waals surface area contributed by atoms with Crippen molar-refractivity contribution in [2.24, 2.45) is 0 Å². The first-order valence-electron chi connectivity index (χ1n) is 13.7. The van der Waals surface area contributed by atoms with E-state index < -0.39 is 0 Å². The Bertz CT molecular complexity index is 2170. The summed E-state index contributed by atoms with van der Waals surface area (Å²) in [6.07, 6.45) is 5.35. The molecule has 0 bridgehead atoms. The van der Waals surface area contributed by atoms with Crippen LogP contribution >= 0.6 is 11.3 Å². The number of rotatable bonds is 2. The topological polar surface area (TPSA) is 12.5 Å². The summed E-state index contributed by atoms with van der Waals surface area (Å²) in [5.41, 5.74) is 8.19. The van der Waals surface area contributed by atoms with E-state index in [1.165, 1.54) is 53.3 Å². The van der Waals surface area contributed by atoms with Crippen molar-refractivity contribution in [1.29, 1.82) is 0 Å². The largest absolute Gasteiger partial charge is 0.453 e. The van der Waals surface area contributed by atoms with E-state index in [1.54, 1.807) is 0 Å². The van der Waals surface area contributed by atoms with Crippen LogP contribution in [0.25, 0.3) is 48.1 Å². The summed E-state index contributed by atoms with van der Waals surface area (Å²) in [5, 5.41) is 5.14. The van der Waals surface area contributed by atoms with Crippen LogP contribution in [-0.2, 0) is 6.42 Å². The lowest BCUT2D eigenvalue weighted by atomic mass is 9.90. The zero-order chi connectivity index (χ0) is 26.2. The molecule has 2 aliphatic rings. The maximum Gasteiger partial charge on any atom is 0.155 e. The third kappa shape index (κ3) is 3.10. The maximum atomic E-state index is 6.91. The Labute approximate surface area is 236 Å². The number of nitrogens with zero attached hydrogens (tertiary/aromatic N) is 1. The molecule has 0 N–H and O–H groups in total. The van der Waals surface area contributed by atoms with Gasteiger partial charge in [-0.15, -0.1) is 11.3 Å². The molecule has 2 heterocycles. The van der Waals surface area contributed by atoms with Gasteiger partial charge in [0.15, 0.2) is 11.5 Å². The van der Waals surface area contributed by atoms with Gasteiger partial charge in [-0.05, 0) is 64.2 Å². The van der Waals surface area contributed by atoms with Crippen LogP contribution in [0.5, 0.6) is 11.5 Å². The summed E-state index contributed by atoms with van der Waals surface area (Å²) >= 11 is 1.86. The molecule has 0 fully saturated rings. The quantitative estimate of drug-likeness (QED) is 0.221. The second-order valence-corrected chi connectivity index (χ2v) is 11.5. The standard InChI is InChI=1S/C37H23NOS/c1-2-9-23(10-3-1)25-19-20-30-33(22-25)39-36-29-16-7-12-24-11-6-13-26(35(24)29)21-32(36)38(30)31-17-8-15-28-27-14-4-5-18-34(27)40-37(28)31/h1-15,17-22H,16H2. The summed E-state index contributed by atoms with van der Waals surface area (Å²) in [4.78, 5) is 2.43. The minimum atomic E-state index is 0.853. The van der Waals surface area contributed by atoms with Crippen molar-refractivity contribution in [1.82, 2.24) is 0 Å². The molecule has 40 heavy (non-hydrogen) atoms. The van der Waals surface area contributed by atoms with E-state index >= 15 is 0 Å². The highest BCUT2D eigenvalue weighted by molar-refractivity contribution is 7.26. The van der Waals surface area contributed by atoms with Crippen LogP contribution in [0.2, 0.25) is 0 Å². The molecular formula is C37H23NOS. The maximum absolute atomic E-state index is 6.91. The molecule has 1 aliphatic heterocycles. The first-order valence-corrected chi connectivity index (χ1v) is 14.5. The Balaban J connectivity index is 1.36. The highest BCUT2D eigenvalue weighted by atomic mass is 32.1. The third-order valence-corrected chi connectivity index (χ3v) is 9.44. The molecule has 7 aromatic rings. The van der Waals surface area contributed by atoms with Crippen molar-refractivity contribution in [2.45, 2.75) is 6.42 Å². The minimum Gasteiger partial charge on any atom is -0.453 e. The molecule has 0 radical (unpaired) electrons. The van der Waals surface area contributed by atoms with Gasteiger partial charge >= 0.3 is 0 Å². The van der Waals surface area contributed by atoms with E-state index in [0.29, 0.717) is 0 Å². The SMILES string of the molecule is C1=Cc2cccc3cc4c(c(c23)C1)Oc1cc(-c2ccccc2)ccc1N4c1cccc2c1sc1ccccc12. The van der Waals surface area contributed by atoms with Crippen LogP contribution < -0.4 is 9.64 Å². The zero-order valence-electron chi connectivity index (χ0n) is 21.6. The minimum absolute atomic E-state index is 0.853. The fourth-order valence-corrected chi connectivity index (χ4v) is 7.66. The van der Waals surface area contributed by atoms with E-state index in [0.717, 1.165) is 34.9 Å². The van der Waals surface area contributed by atoms with Crippen molar-refractivity contribution in [3.05, 3.63) is 132 Å². The van der Waals surface area contributed by atoms with E-state index in [4.69, 9.17) is 4.74 Å². The van der Waals surface area contributed by atoms with Crippen molar-refractivity contribution in [3.63, 3.8) is 0 Å². The van der Waals surface area contributed by atoms with Gasteiger partial charge in [0.05, 0.1) is 21.8 Å². The molecule has 1 aliphatic carbocycles. The molecular weight excluding hydrogens is 506 g/mol. The van der Waals surface area contributed by atoms with Crippen molar-refractivity contribution in [2.75, 3.05) is 4.90 Å². The first kappa shape index (κ1) is 22.0. The Hall–Kier alpha value is -4.86. The monoisotopic (exact) mass is 529 g/mol. The summed E-state index contributed by atoms with van der Waals surface area (Å²) in [6.45, 7) is 0. The van der Waals surface area contributed by atoms with Gasteiger partial charge in [-0.1, -0.05) is 97.1 Å². The van der Waals surface area contributed by atoms with Crippen molar-refractivity contribution >= 4 is 65.4 Å². The van der Waals surface area contributed by atoms with Crippen molar-refractivity contribution < 1.29 is 4.74 Å². The van der Waals surface area contributed by atoms with Crippen LogP contribution in [0.15, 0.2) is 121 Å². The average molecular weight is 530 g/mol. The number of allylic oxidation sites excluding steroid dienone is 1. The third-order valence-electron chi connectivity index (χ3n) is 8.23. The predicted molar refractivity (Wildman–Crippen MR) is 170 cm³/mol. The number of hydrogen-bond donors (Lipinski definition) is 0. The fourth-order valence-electron chi connectivity index (χ4n) is 6.45. The molecule has 3 heteroatoms. The van der Waals surface area contributed by atoms with E-state index in [9.17, 15) is 0 Å². The summed E-state index contributed by atoms with van der Waals surface area (Å²) in [6, 6.07) is 41.5. The molecule has 0 unspecified atom stereocenters. The fraction of sp³-hybridized carbons (Fsp3) is 0.0270. The van der Waals surface area contributed by atoms with Crippen molar-refractivity contribution in [3.8, 4) is 22.6 Å². The van der Waals surface area contributed by atoms with Gasteiger partial charge < -0.3 is 9.64 Å². The number of ether oxygens (including phenoxy) is 1. The molecule has 1 aromatic heterocycles. The zero-order valence-corrected chi connectivity index (χ0v) is 22.4. The molecule has 0 saturated carbocycles. The molecule has 6 aromatic carbocycles. The number of fused-ring (bicyclic) bond motifs is 6. The molecule has 0 atom stereocenters. The normalized spacial score (nSPS) is 13.4. The number of hydrogen-bond acceptors (Lipinski definition) is 3. The van der Waals surface area contributed by atoms with Crippen LogP contribution in [-0.4, -0.2) is 0 Å². The molecule has 0 spiro atoms. The number of anilines is 3. The lowest BCUT2D eigenvalue weighted by Gasteiger charge is -2.35.